The summed E-state index contributed by atoms with van der Waals surface area (Å²) >= 11 is 0. The summed E-state index contributed by atoms with van der Waals surface area (Å²) < 4.78 is 12.7. The molecule has 5 rings (SSSR count). The smallest absolute Gasteiger partial charge is 0.253 e. The molecule has 1 saturated heterocycles. The highest BCUT2D eigenvalue weighted by Gasteiger charge is 2.28. The Morgan fingerprint density at radius 3 is 2.77 bits per heavy atom. The van der Waals surface area contributed by atoms with Gasteiger partial charge in [-0.05, 0) is 43.2 Å². The number of aromatic nitrogens is 3. The van der Waals surface area contributed by atoms with Crippen LogP contribution in [-0.4, -0.2) is 45.3 Å². The van der Waals surface area contributed by atoms with Gasteiger partial charge in [-0.15, -0.1) is 10.2 Å². The van der Waals surface area contributed by atoms with E-state index in [1.807, 2.05) is 33.7 Å². The van der Waals surface area contributed by atoms with E-state index in [4.69, 9.17) is 9.47 Å². The van der Waals surface area contributed by atoms with Gasteiger partial charge in [0.2, 0.25) is 6.79 Å². The van der Waals surface area contributed by atoms with E-state index in [1.54, 1.807) is 18.2 Å². The van der Waals surface area contributed by atoms with Crippen LogP contribution in [0.4, 0.5) is 0 Å². The number of carbonyl (C=O) groups is 1. The second-order valence-corrected chi connectivity index (χ2v) is 6.62. The van der Waals surface area contributed by atoms with Gasteiger partial charge < -0.3 is 14.4 Å². The molecule has 1 amide bonds. The van der Waals surface area contributed by atoms with Gasteiger partial charge in [-0.3, -0.25) is 9.20 Å². The molecule has 0 saturated carbocycles. The van der Waals surface area contributed by atoms with E-state index in [-0.39, 0.29) is 12.7 Å². The first-order valence-corrected chi connectivity index (χ1v) is 8.78. The number of amides is 1. The molecule has 0 radical (unpaired) electrons. The summed E-state index contributed by atoms with van der Waals surface area (Å²) in [5, 5.41) is 8.60. The first-order chi connectivity index (χ1) is 12.8. The van der Waals surface area contributed by atoms with Crippen LogP contribution in [0.15, 0.2) is 42.6 Å². The molecule has 0 atom stereocenters. The maximum atomic E-state index is 12.8. The third kappa shape index (κ3) is 2.47. The maximum absolute atomic E-state index is 12.8. The SMILES string of the molecule is O=C(c1ccc2c(c1)OCO2)N1CCC(c2nnc3ccccn23)CC1. The molecular formula is C19H18N4O3. The molecule has 26 heavy (non-hydrogen) atoms. The summed E-state index contributed by atoms with van der Waals surface area (Å²) in [6.07, 6.45) is 3.76. The van der Waals surface area contributed by atoms with Gasteiger partial charge in [-0.2, -0.15) is 0 Å². The van der Waals surface area contributed by atoms with Gasteiger partial charge in [0.1, 0.15) is 5.82 Å². The monoisotopic (exact) mass is 350 g/mol. The van der Waals surface area contributed by atoms with Crippen molar-refractivity contribution in [2.24, 2.45) is 0 Å². The Morgan fingerprint density at radius 2 is 1.88 bits per heavy atom. The molecule has 1 fully saturated rings. The molecule has 0 aliphatic carbocycles. The molecule has 0 spiro atoms. The second-order valence-electron chi connectivity index (χ2n) is 6.62. The van der Waals surface area contributed by atoms with Crippen LogP contribution in [0.3, 0.4) is 0 Å². The molecular weight excluding hydrogens is 332 g/mol. The molecule has 2 aliphatic heterocycles. The van der Waals surface area contributed by atoms with Crippen LogP contribution in [0, 0.1) is 0 Å². The number of likely N-dealkylation sites (tertiary alicyclic amines) is 1. The van der Waals surface area contributed by atoms with E-state index in [0.717, 1.165) is 24.3 Å². The molecule has 132 valence electrons. The van der Waals surface area contributed by atoms with Crippen LogP contribution in [0.25, 0.3) is 5.65 Å². The van der Waals surface area contributed by atoms with E-state index in [1.165, 1.54) is 0 Å². The highest BCUT2D eigenvalue weighted by Crippen LogP contribution is 2.33. The normalized spacial score (nSPS) is 17.0. The van der Waals surface area contributed by atoms with Crippen LogP contribution in [0.1, 0.15) is 34.9 Å². The van der Waals surface area contributed by atoms with Crippen LogP contribution in [0.5, 0.6) is 11.5 Å². The molecule has 0 N–H and O–H groups in total. The Kier molecular flexibility index (Phi) is 3.51. The molecule has 0 bridgehead atoms. The fourth-order valence-corrected chi connectivity index (χ4v) is 3.69. The average molecular weight is 350 g/mol. The third-order valence-electron chi connectivity index (χ3n) is 5.11. The number of hydrogen-bond donors (Lipinski definition) is 0. The van der Waals surface area contributed by atoms with Crippen LogP contribution in [-0.2, 0) is 0 Å². The standard InChI is InChI=1S/C19H18N4O3/c24-19(14-4-5-15-16(11-14)26-12-25-15)22-9-6-13(7-10-22)18-21-20-17-3-1-2-8-23(17)18/h1-5,8,11,13H,6-7,9-10,12H2. The zero-order valence-electron chi connectivity index (χ0n) is 14.2. The fraction of sp³-hybridized carbons (Fsp3) is 0.316. The number of pyridine rings is 1. The van der Waals surface area contributed by atoms with Crippen molar-refractivity contribution in [3.63, 3.8) is 0 Å². The number of hydrogen-bond acceptors (Lipinski definition) is 5. The molecule has 2 aromatic heterocycles. The van der Waals surface area contributed by atoms with Gasteiger partial charge in [0.15, 0.2) is 17.1 Å². The minimum Gasteiger partial charge on any atom is -0.454 e. The summed E-state index contributed by atoms with van der Waals surface area (Å²) in [6.45, 7) is 1.63. The average Bonchev–Trinajstić information content (AvgIpc) is 3.34. The van der Waals surface area contributed by atoms with E-state index < -0.39 is 0 Å². The van der Waals surface area contributed by atoms with E-state index in [9.17, 15) is 4.79 Å². The van der Waals surface area contributed by atoms with E-state index >= 15 is 0 Å². The molecule has 0 unspecified atom stereocenters. The Labute approximate surface area is 150 Å². The first kappa shape index (κ1) is 15.2. The van der Waals surface area contributed by atoms with Gasteiger partial charge in [-0.25, -0.2) is 0 Å². The lowest BCUT2D eigenvalue weighted by Crippen LogP contribution is -2.38. The van der Waals surface area contributed by atoms with Gasteiger partial charge in [0.05, 0.1) is 0 Å². The van der Waals surface area contributed by atoms with Gasteiger partial charge in [0.25, 0.3) is 5.91 Å². The van der Waals surface area contributed by atoms with Crippen molar-refractivity contribution in [1.82, 2.24) is 19.5 Å². The number of ether oxygens (including phenoxy) is 2. The van der Waals surface area contributed by atoms with Crippen molar-refractivity contribution in [2.45, 2.75) is 18.8 Å². The van der Waals surface area contributed by atoms with Crippen molar-refractivity contribution in [2.75, 3.05) is 19.9 Å². The predicted octanol–water partition coefficient (Wildman–Crippen LogP) is 2.48. The number of piperidine rings is 1. The lowest BCUT2D eigenvalue weighted by atomic mass is 9.95. The van der Waals surface area contributed by atoms with E-state index in [0.29, 0.717) is 36.1 Å². The highest BCUT2D eigenvalue weighted by molar-refractivity contribution is 5.95. The lowest BCUT2D eigenvalue weighted by molar-refractivity contribution is 0.0710. The summed E-state index contributed by atoms with van der Waals surface area (Å²) in [4.78, 5) is 14.7. The quantitative estimate of drug-likeness (QED) is 0.710. The molecule has 2 aliphatic rings. The van der Waals surface area contributed by atoms with Gasteiger partial charge in [-0.1, -0.05) is 6.07 Å². The second kappa shape index (κ2) is 6.01. The summed E-state index contributed by atoms with van der Waals surface area (Å²) in [5.41, 5.74) is 1.50. The minimum atomic E-state index is 0.0350. The van der Waals surface area contributed by atoms with Crippen LogP contribution >= 0.6 is 0 Å². The topological polar surface area (TPSA) is 69.0 Å². The summed E-state index contributed by atoms with van der Waals surface area (Å²) in [7, 11) is 0. The molecule has 7 nitrogen and oxygen atoms in total. The van der Waals surface area contributed by atoms with Crippen molar-refractivity contribution in [3.05, 3.63) is 54.0 Å². The Bertz CT molecular complexity index is 976. The maximum Gasteiger partial charge on any atom is 0.253 e. The molecule has 3 aromatic rings. The fourth-order valence-electron chi connectivity index (χ4n) is 3.69. The zero-order chi connectivity index (χ0) is 17.5. The third-order valence-corrected chi connectivity index (χ3v) is 5.11. The van der Waals surface area contributed by atoms with Crippen molar-refractivity contribution in [1.29, 1.82) is 0 Å². The number of rotatable bonds is 2. The van der Waals surface area contributed by atoms with Crippen molar-refractivity contribution < 1.29 is 14.3 Å². The Morgan fingerprint density at radius 1 is 1.04 bits per heavy atom. The molecule has 7 heteroatoms. The van der Waals surface area contributed by atoms with Gasteiger partial charge >= 0.3 is 0 Å². The van der Waals surface area contributed by atoms with Crippen molar-refractivity contribution in [3.8, 4) is 11.5 Å². The van der Waals surface area contributed by atoms with Crippen molar-refractivity contribution >= 4 is 11.6 Å². The number of fused-ring (bicyclic) bond motifs is 2. The summed E-state index contributed by atoms with van der Waals surface area (Å²) in [5.74, 6) is 2.66. The number of carbonyl (C=O) groups excluding carboxylic acids is 1. The number of benzene rings is 1. The highest BCUT2D eigenvalue weighted by atomic mass is 16.7. The van der Waals surface area contributed by atoms with Crippen LogP contribution < -0.4 is 9.47 Å². The Hall–Kier alpha value is -3.09. The molecule has 1 aromatic carbocycles. The summed E-state index contributed by atoms with van der Waals surface area (Å²) in [6, 6.07) is 11.3. The molecule has 4 heterocycles. The van der Waals surface area contributed by atoms with E-state index in [2.05, 4.69) is 10.2 Å². The lowest BCUT2D eigenvalue weighted by Gasteiger charge is -2.31. The van der Waals surface area contributed by atoms with Crippen LogP contribution in [0.2, 0.25) is 0 Å². The largest absolute Gasteiger partial charge is 0.454 e. The number of nitrogens with zero attached hydrogens (tertiary/aromatic N) is 4. The minimum absolute atomic E-state index is 0.0350. The zero-order valence-corrected chi connectivity index (χ0v) is 14.2. The predicted molar refractivity (Wildman–Crippen MR) is 93.4 cm³/mol. The first-order valence-electron chi connectivity index (χ1n) is 8.78. The van der Waals surface area contributed by atoms with Gasteiger partial charge in [0, 0.05) is 30.8 Å². The Balaban J connectivity index is 1.30.